The second-order valence-corrected chi connectivity index (χ2v) is 9.25. The van der Waals surface area contributed by atoms with Gasteiger partial charge in [0, 0.05) is 36.9 Å². The fraction of sp³-hybridized carbons (Fsp3) is 0.207. The topological polar surface area (TPSA) is 104 Å². The summed E-state index contributed by atoms with van der Waals surface area (Å²) < 4.78 is 38.0. The van der Waals surface area contributed by atoms with Crippen LogP contribution in [0.3, 0.4) is 0 Å². The summed E-state index contributed by atoms with van der Waals surface area (Å²) in [7, 11) is 3.27. The Morgan fingerprint density at radius 3 is 2.77 bits per heavy atom. The molecule has 0 spiro atoms. The number of aromatic nitrogens is 4. The molecule has 6 rings (SSSR count). The Morgan fingerprint density at radius 1 is 1.15 bits per heavy atom. The quantitative estimate of drug-likeness (QED) is 0.339. The van der Waals surface area contributed by atoms with Crippen molar-refractivity contribution >= 4 is 16.8 Å². The van der Waals surface area contributed by atoms with E-state index in [0.29, 0.717) is 41.5 Å². The average molecular weight is 529 g/mol. The van der Waals surface area contributed by atoms with Crippen LogP contribution >= 0.6 is 0 Å². The number of aromatic amines is 1. The van der Waals surface area contributed by atoms with Gasteiger partial charge >= 0.3 is 5.76 Å². The monoisotopic (exact) mass is 528 g/mol. The van der Waals surface area contributed by atoms with E-state index in [1.54, 1.807) is 20.3 Å². The molecular weight excluding hydrogens is 503 g/mol. The van der Waals surface area contributed by atoms with Gasteiger partial charge < -0.3 is 18.6 Å². The molecule has 3 aromatic heterocycles. The molecule has 198 valence electrons. The molecule has 1 aliphatic rings. The SMILES string of the molecule is COCc1nc2c(OC)cccn2c1Cc1ccc2c(c1)COc1cc(F)ccc1/C2=C(/C)c1noc(=O)[nH]1. The van der Waals surface area contributed by atoms with Crippen LogP contribution in [-0.4, -0.2) is 33.7 Å². The van der Waals surface area contributed by atoms with Gasteiger partial charge in [-0.3, -0.25) is 9.51 Å². The molecule has 2 aromatic carbocycles. The van der Waals surface area contributed by atoms with Gasteiger partial charge in [0.05, 0.1) is 25.1 Å². The number of imidazole rings is 1. The number of methoxy groups -OCH3 is 2. The highest BCUT2D eigenvalue weighted by Gasteiger charge is 2.24. The highest BCUT2D eigenvalue weighted by molar-refractivity contribution is 5.99. The van der Waals surface area contributed by atoms with Gasteiger partial charge in [-0.15, -0.1) is 0 Å². The van der Waals surface area contributed by atoms with Gasteiger partial charge in [0.1, 0.15) is 18.2 Å². The maximum absolute atomic E-state index is 14.2. The second kappa shape index (κ2) is 9.88. The van der Waals surface area contributed by atoms with E-state index in [1.807, 2.05) is 41.8 Å². The third kappa shape index (κ3) is 4.38. The number of hydrogen-bond acceptors (Lipinski definition) is 7. The van der Waals surface area contributed by atoms with Crippen molar-refractivity contribution in [2.24, 2.45) is 0 Å². The standard InChI is InChI=1S/C29H25FN4O5/c1-16(27-32-29(35)39-33-27)26-20-8-6-17(11-18(20)14-38-25-13-19(30)7-9-21(25)26)12-23-22(15-36-2)31-28-24(37-3)5-4-10-34(23)28/h4-11,13H,12,14-15H2,1-3H3,(H,32,33,35)/b26-16-. The largest absolute Gasteiger partial charge is 0.493 e. The molecule has 0 unspecified atom stereocenters. The minimum Gasteiger partial charge on any atom is -0.493 e. The van der Waals surface area contributed by atoms with Gasteiger partial charge in [0.15, 0.2) is 17.2 Å². The van der Waals surface area contributed by atoms with E-state index in [1.165, 1.54) is 12.1 Å². The smallest absolute Gasteiger partial charge is 0.439 e. The van der Waals surface area contributed by atoms with Crippen molar-refractivity contribution in [1.82, 2.24) is 19.5 Å². The Labute approximate surface area is 222 Å². The van der Waals surface area contributed by atoms with Crippen molar-refractivity contribution in [3.8, 4) is 11.5 Å². The summed E-state index contributed by atoms with van der Waals surface area (Å²) >= 11 is 0. The number of fused-ring (bicyclic) bond motifs is 3. The van der Waals surface area contributed by atoms with Gasteiger partial charge in [-0.05, 0) is 53.5 Å². The Bertz CT molecular complexity index is 1800. The summed E-state index contributed by atoms with van der Waals surface area (Å²) in [5.41, 5.74) is 7.49. The molecule has 0 radical (unpaired) electrons. The molecular formula is C29H25FN4O5. The third-order valence-electron chi connectivity index (χ3n) is 6.87. The van der Waals surface area contributed by atoms with E-state index < -0.39 is 11.6 Å². The van der Waals surface area contributed by atoms with Crippen LogP contribution in [0.25, 0.3) is 16.8 Å². The van der Waals surface area contributed by atoms with Crippen molar-refractivity contribution < 1.29 is 23.1 Å². The van der Waals surface area contributed by atoms with Crippen molar-refractivity contribution in [3.63, 3.8) is 0 Å². The fourth-order valence-corrected chi connectivity index (χ4v) is 5.09. The van der Waals surface area contributed by atoms with Gasteiger partial charge in [-0.1, -0.05) is 23.4 Å². The summed E-state index contributed by atoms with van der Waals surface area (Å²) in [6.45, 7) is 2.43. The number of nitrogens with one attached hydrogen (secondary N) is 1. The Hall–Kier alpha value is -4.70. The van der Waals surface area contributed by atoms with Crippen molar-refractivity contribution in [1.29, 1.82) is 0 Å². The molecule has 0 aliphatic carbocycles. The lowest BCUT2D eigenvalue weighted by Crippen LogP contribution is -2.03. The van der Waals surface area contributed by atoms with Crippen LogP contribution in [0.1, 0.15) is 46.4 Å². The number of rotatable bonds is 6. The highest BCUT2D eigenvalue weighted by atomic mass is 19.1. The fourth-order valence-electron chi connectivity index (χ4n) is 5.09. The molecule has 0 saturated heterocycles. The average Bonchev–Trinajstić information content (AvgIpc) is 3.48. The van der Waals surface area contributed by atoms with Crippen LogP contribution in [0.5, 0.6) is 11.5 Å². The summed E-state index contributed by atoms with van der Waals surface area (Å²) in [6, 6.07) is 14.4. The number of allylic oxidation sites excluding steroid dienone is 1. The Balaban J connectivity index is 1.48. The summed E-state index contributed by atoms with van der Waals surface area (Å²) in [6.07, 6.45) is 2.54. The van der Waals surface area contributed by atoms with E-state index >= 15 is 0 Å². The number of benzene rings is 2. The summed E-state index contributed by atoms with van der Waals surface area (Å²) in [4.78, 5) is 19.1. The van der Waals surface area contributed by atoms with Crippen molar-refractivity contribution in [2.45, 2.75) is 26.6 Å². The molecule has 0 atom stereocenters. The lowest BCUT2D eigenvalue weighted by molar-refractivity contribution is 0.181. The van der Waals surface area contributed by atoms with E-state index in [0.717, 1.165) is 39.3 Å². The second-order valence-electron chi connectivity index (χ2n) is 9.25. The molecule has 1 aliphatic heterocycles. The predicted octanol–water partition coefficient (Wildman–Crippen LogP) is 4.77. The van der Waals surface area contributed by atoms with E-state index in [4.69, 9.17) is 23.7 Å². The molecule has 9 nitrogen and oxygen atoms in total. The van der Waals surface area contributed by atoms with Crippen LogP contribution in [0.2, 0.25) is 0 Å². The number of H-pyrrole nitrogens is 1. The van der Waals surface area contributed by atoms with Crippen molar-refractivity contribution in [3.05, 3.63) is 111 Å². The molecule has 5 aromatic rings. The van der Waals surface area contributed by atoms with Crippen LogP contribution in [0, 0.1) is 5.82 Å². The van der Waals surface area contributed by atoms with Crippen LogP contribution in [0.4, 0.5) is 4.39 Å². The molecule has 39 heavy (non-hydrogen) atoms. The Morgan fingerprint density at radius 2 is 2.00 bits per heavy atom. The van der Waals surface area contributed by atoms with E-state index in [2.05, 4.69) is 16.2 Å². The van der Waals surface area contributed by atoms with Crippen LogP contribution in [-0.2, 0) is 24.4 Å². The maximum atomic E-state index is 14.2. The number of pyridine rings is 1. The zero-order valence-electron chi connectivity index (χ0n) is 21.6. The highest BCUT2D eigenvalue weighted by Crippen LogP contribution is 2.41. The van der Waals surface area contributed by atoms with Crippen LogP contribution in [0.15, 0.2) is 64.0 Å². The first-order valence-electron chi connectivity index (χ1n) is 12.3. The zero-order chi connectivity index (χ0) is 27.1. The van der Waals surface area contributed by atoms with Gasteiger partial charge in [-0.2, -0.15) is 0 Å². The van der Waals surface area contributed by atoms with Crippen molar-refractivity contribution in [2.75, 3.05) is 14.2 Å². The lowest BCUT2D eigenvalue weighted by atomic mass is 9.89. The normalized spacial score (nSPS) is 13.9. The molecule has 0 fully saturated rings. The number of hydrogen-bond donors (Lipinski definition) is 1. The molecule has 0 bridgehead atoms. The molecule has 1 N–H and O–H groups in total. The number of ether oxygens (including phenoxy) is 3. The summed E-state index contributed by atoms with van der Waals surface area (Å²) in [5.74, 6) is 0.329. The van der Waals surface area contributed by atoms with E-state index in [9.17, 15) is 9.18 Å². The Kier molecular flexibility index (Phi) is 6.24. The van der Waals surface area contributed by atoms with E-state index in [-0.39, 0.29) is 6.61 Å². The number of halogens is 1. The van der Waals surface area contributed by atoms with Gasteiger partial charge in [0.2, 0.25) is 0 Å². The minimum absolute atomic E-state index is 0.234. The third-order valence-corrected chi connectivity index (χ3v) is 6.87. The van der Waals surface area contributed by atoms with Gasteiger partial charge in [0.25, 0.3) is 0 Å². The molecule has 10 heteroatoms. The number of nitrogens with zero attached hydrogens (tertiary/aromatic N) is 3. The molecule has 0 saturated carbocycles. The van der Waals surface area contributed by atoms with Crippen LogP contribution < -0.4 is 15.2 Å². The minimum atomic E-state index is -0.652. The first-order chi connectivity index (χ1) is 19.0. The first kappa shape index (κ1) is 24.6. The lowest BCUT2D eigenvalue weighted by Gasteiger charge is -2.14. The first-order valence-corrected chi connectivity index (χ1v) is 12.3. The summed E-state index contributed by atoms with van der Waals surface area (Å²) in [5, 5.41) is 3.87. The zero-order valence-corrected chi connectivity index (χ0v) is 21.6. The maximum Gasteiger partial charge on any atom is 0.439 e. The van der Waals surface area contributed by atoms with Gasteiger partial charge in [-0.25, -0.2) is 14.2 Å². The molecule has 0 amide bonds. The molecule has 4 heterocycles. The predicted molar refractivity (Wildman–Crippen MR) is 141 cm³/mol.